The molecule has 7 rings (SSSR count). The Morgan fingerprint density at radius 3 is 2.51 bits per heavy atom. The van der Waals surface area contributed by atoms with E-state index in [2.05, 4.69) is 31.6 Å². The molecule has 51 heavy (non-hydrogen) atoms. The average molecular weight is 762 g/mol. The van der Waals surface area contributed by atoms with Gasteiger partial charge in [0.05, 0.1) is 30.1 Å². The summed E-state index contributed by atoms with van der Waals surface area (Å²) in [6.07, 6.45) is 4.21. The summed E-state index contributed by atoms with van der Waals surface area (Å²) in [5.74, 6) is -4.29. The number of benzene rings is 2. The van der Waals surface area contributed by atoms with Crippen LogP contribution in [0.15, 0.2) is 77.3 Å². The van der Waals surface area contributed by atoms with Crippen LogP contribution >= 0.6 is 15.9 Å². The summed E-state index contributed by atoms with van der Waals surface area (Å²) in [5.41, 5.74) is 0.508. The number of likely N-dealkylation sites (tertiary alicyclic amines) is 1. The number of fused-ring (bicyclic) bond motifs is 3. The maximum Gasteiger partial charge on any atom is 0.313 e. The van der Waals surface area contributed by atoms with Crippen LogP contribution in [0.5, 0.6) is 0 Å². The van der Waals surface area contributed by atoms with Gasteiger partial charge in [-0.2, -0.15) is 0 Å². The maximum absolute atomic E-state index is 15.2. The number of rotatable bonds is 6. The largest absolute Gasteiger partial charge is 0.455 e. The molecule has 1 aromatic heterocycles. The molecular formula is C37H41BrN6O7. The number of nitrogens with zero attached hydrogens (tertiary/aromatic N) is 5. The Balaban J connectivity index is 1.35. The second kappa shape index (κ2) is 14.0. The Kier molecular flexibility index (Phi) is 9.59. The Labute approximate surface area is 303 Å². The number of halogens is 1. The van der Waals surface area contributed by atoms with E-state index in [0.717, 1.165) is 0 Å². The lowest BCUT2D eigenvalue weighted by atomic mass is 9.74. The SMILES string of the molecule is CC(C)[C@H](CO)N1C(=O)[C@@H]2[C@H]3C(=O)O[C@@H](c4ccccc4)[C@H](C)NC(=O)CC/C=C\CN(Cn4nnc5ccccc54)C(=O)[C@@H]1[C@]21C=C(Br)[C@H]3O1. The molecule has 3 aromatic rings. The van der Waals surface area contributed by atoms with Gasteiger partial charge in [0.15, 0.2) is 0 Å². The fourth-order valence-corrected chi connectivity index (χ4v) is 8.73. The summed E-state index contributed by atoms with van der Waals surface area (Å²) in [6, 6.07) is 13.9. The predicted octanol–water partition coefficient (Wildman–Crippen LogP) is 3.25. The summed E-state index contributed by atoms with van der Waals surface area (Å²) in [6.45, 7) is 5.23. The van der Waals surface area contributed by atoms with Crippen LogP contribution in [0.2, 0.25) is 0 Å². The summed E-state index contributed by atoms with van der Waals surface area (Å²) < 4.78 is 15.1. The topological polar surface area (TPSA) is 156 Å². The van der Waals surface area contributed by atoms with Gasteiger partial charge < -0.3 is 29.7 Å². The number of hydrogen-bond acceptors (Lipinski definition) is 9. The third-order valence-corrected chi connectivity index (χ3v) is 11.1. The van der Waals surface area contributed by atoms with Crippen molar-refractivity contribution >= 4 is 50.7 Å². The molecule has 0 saturated carbocycles. The van der Waals surface area contributed by atoms with Crippen molar-refractivity contribution in [1.29, 1.82) is 0 Å². The molecule has 1 spiro atoms. The predicted molar refractivity (Wildman–Crippen MR) is 188 cm³/mol. The van der Waals surface area contributed by atoms with Crippen LogP contribution in [-0.4, -0.2) is 96.6 Å². The number of ether oxygens (including phenoxy) is 2. The van der Waals surface area contributed by atoms with Crippen molar-refractivity contribution in [3.8, 4) is 0 Å². The minimum atomic E-state index is -1.54. The van der Waals surface area contributed by atoms with Crippen LogP contribution in [-0.2, 0) is 35.3 Å². The highest BCUT2D eigenvalue weighted by atomic mass is 79.9. The highest BCUT2D eigenvalue weighted by molar-refractivity contribution is 9.11. The van der Waals surface area contributed by atoms with Crippen molar-refractivity contribution in [3.05, 3.63) is 82.9 Å². The van der Waals surface area contributed by atoms with Crippen LogP contribution in [0.25, 0.3) is 11.0 Å². The number of amides is 3. The lowest BCUT2D eigenvalue weighted by Gasteiger charge is -2.39. The molecular weight excluding hydrogens is 720 g/mol. The van der Waals surface area contributed by atoms with Gasteiger partial charge in [0.2, 0.25) is 11.8 Å². The first kappa shape index (κ1) is 35.0. The van der Waals surface area contributed by atoms with Crippen LogP contribution in [0.3, 0.4) is 0 Å². The van der Waals surface area contributed by atoms with E-state index in [1.165, 1.54) is 4.90 Å². The number of aromatic nitrogens is 3. The number of aliphatic hydroxyl groups excluding tert-OH is 1. The monoisotopic (exact) mass is 760 g/mol. The van der Waals surface area contributed by atoms with E-state index in [1.54, 1.807) is 22.6 Å². The van der Waals surface area contributed by atoms with Crippen LogP contribution in [0.4, 0.5) is 0 Å². The molecule has 13 nitrogen and oxygen atoms in total. The van der Waals surface area contributed by atoms with Crippen molar-refractivity contribution in [2.45, 2.75) is 76.2 Å². The van der Waals surface area contributed by atoms with Crippen LogP contribution < -0.4 is 5.32 Å². The molecule has 8 atom stereocenters. The maximum atomic E-state index is 15.2. The minimum Gasteiger partial charge on any atom is -0.455 e. The van der Waals surface area contributed by atoms with Gasteiger partial charge in [-0.3, -0.25) is 19.2 Å². The molecule has 2 saturated heterocycles. The van der Waals surface area contributed by atoms with E-state index in [-0.39, 0.29) is 31.5 Å². The molecule has 0 radical (unpaired) electrons. The number of para-hydroxylation sites is 1. The lowest BCUT2D eigenvalue weighted by Crippen LogP contribution is -2.59. The smallest absolute Gasteiger partial charge is 0.313 e. The molecule has 2 aromatic carbocycles. The number of nitrogens with one attached hydrogen (secondary N) is 1. The number of cyclic esters (lactones) is 1. The Morgan fingerprint density at radius 2 is 1.76 bits per heavy atom. The van der Waals surface area contributed by atoms with Gasteiger partial charge in [-0.25, -0.2) is 4.68 Å². The first-order valence-corrected chi connectivity index (χ1v) is 18.1. The van der Waals surface area contributed by atoms with Gasteiger partial charge in [0.1, 0.15) is 42.0 Å². The second-order valence-electron chi connectivity index (χ2n) is 14.0. The van der Waals surface area contributed by atoms with Gasteiger partial charge >= 0.3 is 5.97 Å². The molecule has 2 fully saturated rings. The second-order valence-corrected chi connectivity index (χ2v) is 14.9. The van der Waals surface area contributed by atoms with Gasteiger partial charge in [-0.05, 0) is 43.0 Å². The molecule has 4 aliphatic rings. The van der Waals surface area contributed by atoms with Crippen molar-refractivity contribution < 1.29 is 33.8 Å². The molecule has 2 N–H and O–H groups in total. The van der Waals surface area contributed by atoms with E-state index >= 15 is 4.79 Å². The van der Waals surface area contributed by atoms with Gasteiger partial charge in [-0.1, -0.05) is 89.6 Å². The van der Waals surface area contributed by atoms with E-state index in [1.807, 2.05) is 80.6 Å². The first-order valence-electron chi connectivity index (χ1n) is 17.3. The van der Waals surface area contributed by atoms with Gasteiger partial charge in [0.25, 0.3) is 5.91 Å². The molecule has 4 aliphatic heterocycles. The fourth-order valence-electron chi connectivity index (χ4n) is 8.00. The molecule has 0 unspecified atom stereocenters. The zero-order valence-corrected chi connectivity index (χ0v) is 30.2. The molecule has 5 heterocycles. The Hall–Kier alpha value is -4.40. The molecule has 0 aliphatic carbocycles. The Morgan fingerprint density at radius 1 is 1.02 bits per heavy atom. The Bertz CT molecular complexity index is 1900. The normalized spacial score (nSPS) is 31.1. The fraction of sp³-hybridized carbons (Fsp3) is 0.459. The van der Waals surface area contributed by atoms with Crippen molar-refractivity contribution in [2.75, 3.05) is 13.2 Å². The lowest BCUT2D eigenvalue weighted by molar-refractivity contribution is -0.162. The van der Waals surface area contributed by atoms with Crippen LogP contribution in [0.1, 0.15) is 45.3 Å². The number of carbonyl (C=O) groups excluding carboxylic acids is 4. The molecule has 14 heteroatoms. The molecule has 5 bridgehead atoms. The van der Waals surface area contributed by atoms with Crippen molar-refractivity contribution in [3.63, 3.8) is 0 Å². The standard InChI is InChI=1S/C37H41BrN6O7/c1-21(2)27(19-45)44-33-35(48)42(20-43-26-15-10-9-14-25(26)40-41-43)17-11-5-8-16-28(46)39-22(3)31(23-12-6-4-7-13-23)50-36(49)29-30(34(44)47)37(33)18-24(38)32(29)51-37/h4-7,9-15,18,21-22,27,29-33,45H,8,16-17,19-20H2,1-3H3,(H,39,46)/b11-5-/t22-,27-,29+,30-,31+,32+,33+,37-/m0/s1. The molecule has 3 amide bonds. The summed E-state index contributed by atoms with van der Waals surface area (Å²) in [7, 11) is 0. The zero-order chi connectivity index (χ0) is 36.0. The third-order valence-electron chi connectivity index (χ3n) is 10.5. The highest BCUT2D eigenvalue weighted by Gasteiger charge is 2.75. The number of esters is 1. The number of aliphatic hydroxyl groups is 1. The first-order chi connectivity index (χ1) is 24.6. The number of hydrogen-bond donors (Lipinski definition) is 2. The van der Waals surface area contributed by atoms with Gasteiger partial charge in [-0.15, -0.1) is 5.10 Å². The van der Waals surface area contributed by atoms with E-state index in [9.17, 15) is 19.5 Å². The average Bonchev–Trinajstić information content (AvgIpc) is 3.83. The summed E-state index contributed by atoms with van der Waals surface area (Å²) in [5, 5.41) is 22.2. The van der Waals surface area contributed by atoms with Crippen molar-refractivity contribution in [2.24, 2.45) is 17.8 Å². The number of allylic oxidation sites excluding steroid dienone is 1. The zero-order valence-electron chi connectivity index (χ0n) is 28.6. The quantitative estimate of drug-likeness (QED) is 0.285. The third kappa shape index (κ3) is 6.06. The van der Waals surface area contributed by atoms with E-state index in [0.29, 0.717) is 27.5 Å². The molecule has 268 valence electrons. The number of carbonyl (C=O) groups is 4. The van der Waals surface area contributed by atoms with E-state index < -0.39 is 72.2 Å². The van der Waals surface area contributed by atoms with Crippen LogP contribution in [0, 0.1) is 17.8 Å². The van der Waals surface area contributed by atoms with E-state index in [4.69, 9.17) is 9.47 Å². The highest BCUT2D eigenvalue weighted by Crippen LogP contribution is 2.59. The van der Waals surface area contributed by atoms with Gasteiger partial charge in [0, 0.05) is 17.4 Å². The summed E-state index contributed by atoms with van der Waals surface area (Å²) in [4.78, 5) is 60.5. The summed E-state index contributed by atoms with van der Waals surface area (Å²) >= 11 is 3.60. The van der Waals surface area contributed by atoms with Crippen molar-refractivity contribution in [1.82, 2.24) is 30.1 Å². The minimum absolute atomic E-state index is 0.00896.